The normalized spacial score (nSPS) is 11.0. The lowest BCUT2D eigenvalue weighted by molar-refractivity contribution is -0.385. The van der Waals surface area contributed by atoms with E-state index in [-0.39, 0.29) is 23.4 Å². The molecule has 0 saturated heterocycles. The smallest absolute Gasteiger partial charge is 0.273 e. The van der Waals surface area contributed by atoms with Gasteiger partial charge in [0.1, 0.15) is 12.4 Å². The monoisotopic (exact) mass is 356 g/mol. The summed E-state index contributed by atoms with van der Waals surface area (Å²) < 4.78 is 5.80. The third-order valence-electron chi connectivity index (χ3n) is 3.92. The van der Waals surface area contributed by atoms with Crippen LogP contribution in [0.5, 0.6) is 5.75 Å². The molecule has 2 aromatic rings. The zero-order valence-corrected chi connectivity index (χ0v) is 15.3. The van der Waals surface area contributed by atoms with Crippen molar-refractivity contribution in [2.24, 2.45) is 0 Å². The van der Waals surface area contributed by atoms with Crippen molar-refractivity contribution in [2.75, 3.05) is 13.2 Å². The molecule has 1 N–H and O–H groups in total. The maximum Gasteiger partial charge on any atom is 0.273 e. The molecule has 138 valence electrons. The van der Waals surface area contributed by atoms with Crippen LogP contribution in [0.15, 0.2) is 48.5 Å². The second-order valence-corrected chi connectivity index (χ2v) is 7.01. The van der Waals surface area contributed by atoms with E-state index in [4.69, 9.17) is 4.74 Å². The summed E-state index contributed by atoms with van der Waals surface area (Å²) in [6, 6.07) is 14.1. The molecule has 2 aromatic carbocycles. The molecular weight excluding hydrogens is 332 g/mol. The Hall–Kier alpha value is -2.89. The number of para-hydroxylation sites is 2. The van der Waals surface area contributed by atoms with Gasteiger partial charge in [0.15, 0.2) is 0 Å². The van der Waals surface area contributed by atoms with Crippen molar-refractivity contribution in [3.05, 3.63) is 69.8 Å². The molecule has 0 aromatic heterocycles. The van der Waals surface area contributed by atoms with Gasteiger partial charge >= 0.3 is 0 Å². The van der Waals surface area contributed by atoms with Gasteiger partial charge < -0.3 is 10.1 Å². The first-order valence-electron chi connectivity index (χ1n) is 8.50. The summed E-state index contributed by atoms with van der Waals surface area (Å²) in [5.41, 5.74) is 1.42. The van der Waals surface area contributed by atoms with Crippen molar-refractivity contribution in [1.29, 1.82) is 0 Å². The molecule has 0 radical (unpaired) electrons. The predicted molar refractivity (Wildman–Crippen MR) is 100 cm³/mol. The van der Waals surface area contributed by atoms with E-state index in [0.29, 0.717) is 18.7 Å². The minimum Gasteiger partial charge on any atom is -0.491 e. The third-order valence-corrected chi connectivity index (χ3v) is 3.92. The molecule has 0 bridgehead atoms. The molecule has 0 heterocycles. The van der Waals surface area contributed by atoms with Gasteiger partial charge in [-0.15, -0.1) is 0 Å². The lowest BCUT2D eigenvalue weighted by atomic mass is 9.86. The van der Waals surface area contributed by atoms with Crippen molar-refractivity contribution in [3.63, 3.8) is 0 Å². The average Bonchev–Trinajstić information content (AvgIpc) is 2.58. The Bertz CT molecular complexity index is 781. The summed E-state index contributed by atoms with van der Waals surface area (Å²) in [6.07, 6.45) is -0.0320. The standard InChI is InChI=1S/C20H24N2O4/c1-20(2,3)16-9-5-7-11-18(16)26-13-12-21-19(23)14-15-8-4-6-10-17(15)22(24)25/h4-11H,12-14H2,1-3H3,(H,21,23). The molecule has 6 heteroatoms. The number of hydrogen-bond donors (Lipinski definition) is 1. The lowest BCUT2D eigenvalue weighted by Crippen LogP contribution is -2.29. The molecule has 0 unspecified atom stereocenters. The van der Waals surface area contributed by atoms with Crippen molar-refractivity contribution >= 4 is 11.6 Å². The van der Waals surface area contributed by atoms with Crippen LogP contribution in [0.3, 0.4) is 0 Å². The molecule has 26 heavy (non-hydrogen) atoms. The number of nitrogens with one attached hydrogen (secondary N) is 1. The summed E-state index contributed by atoms with van der Waals surface area (Å²) in [5.74, 6) is 0.528. The minimum atomic E-state index is -0.477. The molecule has 0 aliphatic heterocycles. The summed E-state index contributed by atoms with van der Waals surface area (Å²) in [7, 11) is 0. The molecule has 0 atom stereocenters. The number of ether oxygens (including phenoxy) is 1. The molecule has 1 amide bonds. The van der Waals surface area contributed by atoms with Gasteiger partial charge in [-0.1, -0.05) is 57.2 Å². The van der Waals surface area contributed by atoms with E-state index in [1.807, 2.05) is 24.3 Å². The molecule has 0 aliphatic rings. The number of carbonyl (C=O) groups is 1. The number of amides is 1. The summed E-state index contributed by atoms with van der Waals surface area (Å²) in [6.45, 7) is 7.00. The Morgan fingerprint density at radius 1 is 1.12 bits per heavy atom. The predicted octanol–water partition coefficient (Wildman–Crippen LogP) is 3.63. The van der Waals surface area contributed by atoms with Crippen LogP contribution in [0.25, 0.3) is 0 Å². The molecule has 0 aliphatic carbocycles. The average molecular weight is 356 g/mol. The largest absolute Gasteiger partial charge is 0.491 e. The lowest BCUT2D eigenvalue weighted by Gasteiger charge is -2.22. The highest BCUT2D eigenvalue weighted by Gasteiger charge is 2.18. The van der Waals surface area contributed by atoms with Crippen molar-refractivity contribution < 1.29 is 14.5 Å². The molecule has 0 spiro atoms. The van der Waals surface area contributed by atoms with Crippen LogP contribution in [0.1, 0.15) is 31.9 Å². The van der Waals surface area contributed by atoms with Gasteiger partial charge in [0, 0.05) is 11.6 Å². The Morgan fingerprint density at radius 3 is 2.46 bits per heavy atom. The topological polar surface area (TPSA) is 81.5 Å². The summed E-state index contributed by atoms with van der Waals surface area (Å²) in [4.78, 5) is 22.5. The van der Waals surface area contributed by atoms with Gasteiger partial charge in [0.25, 0.3) is 5.69 Å². The number of hydrogen-bond acceptors (Lipinski definition) is 4. The highest BCUT2D eigenvalue weighted by atomic mass is 16.6. The van der Waals surface area contributed by atoms with Gasteiger partial charge in [0.05, 0.1) is 17.9 Å². The first-order valence-corrected chi connectivity index (χ1v) is 8.50. The van der Waals surface area contributed by atoms with Crippen LogP contribution < -0.4 is 10.1 Å². The first kappa shape index (κ1) is 19.4. The van der Waals surface area contributed by atoms with E-state index in [1.165, 1.54) is 6.07 Å². The summed E-state index contributed by atoms with van der Waals surface area (Å²) in [5, 5.41) is 13.7. The second-order valence-electron chi connectivity index (χ2n) is 7.01. The number of nitrogens with zero attached hydrogens (tertiary/aromatic N) is 1. The highest BCUT2D eigenvalue weighted by Crippen LogP contribution is 2.30. The Balaban J connectivity index is 1.86. The van der Waals surface area contributed by atoms with E-state index in [9.17, 15) is 14.9 Å². The van der Waals surface area contributed by atoms with Crippen molar-refractivity contribution in [1.82, 2.24) is 5.32 Å². The van der Waals surface area contributed by atoms with Gasteiger partial charge in [-0.3, -0.25) is 14.9 Å². The maximum atomic E-state index is 12.0. The van der Waals surface area contributed by atoms with Crippen molar-refractivity contribution in [3.8, 4) is 5.75 Å². The zero-order chi connectivity index (χ0) is 19.2. The minimum absolute atomic E-state index is 0.0320. The Morgan fingerprint density at radius 2 is 1.77 bits per heavy atom. The fourth-order valence-electron chi connectivity index (χ4n) is 2.64. The van der Waals surface area contributed by atoms with Crippen LogP contribution in [0, 0.1) is 10.1 Å². The Labute approximate surface area is 153 Å². The molecule has 0 saturated carbocycles. The third kappa shape index (κ3) is 5.31. The second kappa shape index (κ2) is 8.47. The van der Waals surface area contributed by atoms with E-state index < -0.39 is 4.92 Å². The quantitative estimate of drug-likeness (QED) is 0.467. The van der Waals surface area contributed by atoms with Crippen LogP contribution in [0.2, 0.25) is 0 Å². The number of nitro groups is 1. The van der Waals surface area contributed by atoms with Crippen LogP contribution in [-0.2, 0) is 16.6 Å². The van der Waals surface area contributed by atoms with Gasteiger partial charge in [0.2, 0.25) is 5.91 Å². The number of nitro benzene ring substituents is 1. The van der Waals surface area contributed by atoms with Gasteiger partial charge in [-0.05, 0) is 17.0 Å². The van der Waals surface area contributed by atoms with E-state index >= 15 is 0 Å². The van der Waals surface area contributed by atoms with Crippen LogP contribution >= 0.6 is 0 Å². The fraction of sp³-hybridized carbons (Fsp3) is 0.350. The molecule has 2 rings (SSSR count). The molecular formula is C20H24N2O4. The first-order chi connectivity index (χ1) is 12.3. The van der Waals surface area contributed by atoms with E-state index in [0.717, 1.165) is 11.3 Å². The molecule has 6 nitrogen and oxygen atoms in total. The van der Waals surface area contributed by atoms with Gasteiger partial charge in [-0.25, -0.2) is 0 Å². The van der Waals surface area contributed by atoms with Crippen LogP contribution in [-0.4, -0.2) is 24.0 Å². The maximum absolute atomic E-state index is 12.0. The van der Waals surface area contributed by atoms with Crippen LogP contribution in [0.4, 0.5) is 5.69 Å². The van der Waals surface area contributed by atoms with E-state index in [1.54, 1.807) is 18.2 Å². The fourth-order valence-corrected chi connectivity index (χ4v) is 2.64. The Kier molecular flexibility index (Phi) is 6.33. The van der Waals surface area contributed by atoms with Crippen molar-refractivity contribution in [2.45, 2.75) is 32.6 Å². The van der Waals surface area contributed by atoms with E-state index in [2.05, 4.69) is 26.1 Å². The zero-order valence-electron chi connectivity index (χ0n) is 15.3. The SMILES string of the molecule is CC(C)(C)c1ccccc1OCCNC(=O)Cc1ccccc1[N+](=O)[O-]. The summed E-state index contributed by atoms with van der Waals surface area (Å²) >= 11 is 0. The number of benzene rings is 2. The van der Waals surface area contributed by atoms with Gasteiger partial charge in [-0.2, -0.15) is 0 Å². The number of rotatable bonds is 7. The molecule has 0 fully saturated rings. The highest BCUT2D eigenvalue weighted by molar-refractivity contribution is 5.79. The number of carbonyl (C=O) groups excluding carboxylic acids is 1.